The molecule has 29 heavy (non-hydrogen) atoms. The van der Waals surface area contributed by atoms with Gasteiger partial charge in [0.25, 0.3) is 0 Å². The van der Waals surface area contributed by atoms with Crippen LogP contribution in [0.5, 0.6) is 5.75 Å². The minimum Gasteiger partial charge on any atom is -0.492 e. The van der Waals surface area contributed by atoms with Crippen LogP contribution in [0.15, 0.2) is 66.7 Å². The molecule has 0 spiro atoms. The van der Waals surface area contributed by atoms with Gasteiger partial charge in [-0.3, -0.25) is 0 Å². The van der Waals surface area contributed by atoms with Crippen molar-refractivity contribution in [2.45, 2.75) is 33.2 Å². The Balaban J connectivity index is 1.51. The van der Waals surface area contributed by atoms with Gasteiger partial charge in [0.15, 0.2) is 0 Å². The highest BCUT2D eigenvalue weighted by atomic mass is 35.5. The average molecular weight is 405 g/mol. The molecule has 3 nitrogen and oxygen atoms in total. The number of rotatable bonds is 7. The molecule has 0 bridgehead atoms. The number of nitrogens with zero attached hydrogens (tertiary/aromatic N) is 2. The molecule has 0 amide bonds. The zero-order chi connectivity index (χ0) is 20.2. The summed E-state index contributed by atoms with van der Waals surface area (Å²) < 4.78 is 8.34. The van der Waals surface area contributed by atoms with Crippen molar-refractivity contribution in [3.05, 3.63) is 94.3 Å². The van der Waals surface area contributed by atoms with E-state index in [9.17, 15) is 0 Å². The van der Waals surface area contributed by atoms with Crippen molar-refractivity contribution in [3.8, 4) is 5.75 Å². The summed E-state index contributed by atoms with van der Waals surface area (Å²) >= 11 is 6.27. The molecule has 0 aliphatic heterocycles. The zero-order valence-corrected chi connectivity index (χ0v) is 17.6. The number of ether oxygens (including phenoxy) is 1. The van der Waals surface area contributed by atoms with Crippen LogP contribution in [0, 0.1) is 13.8 Å². The molecule has 0 atom stereocenters. The van der Waals surface area contributed by atoms with Gasteiger partial charge < -0.3 is 9.30 Å². The van der Waals surface area contributed by atoms with E-state index in [1.54, 1.807) is 0 Å². The molecule has 1 aromatic heterocycles. The lowest BCUT2D eigenvalue weighted by molar-refractivity contribution is 0.298. The van der Waals surface area contributed by atoms with Gasteiger partial charge in [-0.1, -0.05) is 54.1 Å². The first kappa shape index (κ1) is 19.5. The second-order valence-corrected chi connectivity index (χ2v) is 7.75. The van der Waals surface area contributed by atoms with E-state index in [0.717, 1.165) is 58.1 Å². The first-order valence-electron chi connectivity index (χ1n) is 9.99. The van der Waals surface area contributed by atoms with Crippen LogP contribution in [0.2, 0.25) is 5.02 Å². The van der Waals surface area contributed by atoms with Crippen molar-refractivity contribution in [1.82, 2.24) is 9.55 Å². The minimum absolute atomic E-state index is 0.583. The Kier molecular flexibility index (Phi) is 5.86. The number of halogens is 1. The lowest BCUT2D eigenvalue weighted by Gasteiger charge is -2.13. The second kappa shape index (κ2) is 8.71. The molecule has 0 N–H and O–H groups in total. The molecule has 4 aromatic rings. The highest BCUT2D eigenvalue weighted by Crippen LogP contribution is 2.26. The molecule has 0 unspecified atom stereocenters. The number of benzene rings is 3. The quantitative estimate of drug-likeness (QED) is 0.368. The number of aromatic nitrogens is 2. The fourth-order valence-corrected chi connectivity index (χ4v) is 3.82. The number of aryl methyl sites for hydroxylation is 4. The van der Waals surface area contributed by atoms with Crippen molar-refractivity contribution in [2.24, 2.45) is 0 Å². The van der Waals surface area contributed by atoms with Gasteiger partial charge in [0.2, 0.25) is 0 Å². The van der Waals surface area contributed by atoms with Gasteiger partial charge in [0.05, 0.1) is 17.6 Å². The Morgan fingerprint density at radius 3 is 2.34 bits per heavy atom. The fraction of sp³-hybridized carbons (Fsp3) is 0.240. The summed E-state index contributed by atoms with van der Waals surface area (Å²) in [5, 5.41) is 0.807. The Hall–Kier alpha value is -2.78. The van der Waals surface area contributed by atoms with Crippen molar-refractivity contribution in [1.29, 1.82) is 0 Å². The van der Waals surface area contributed by atoms with E-state index < -0.39 is 0 Å². The summed E-state index contributed by atoms with van der Waals surface area (Å²) in [4.78, 5) is 4.88. The lowest BCUT2D eigenvalue weighted by atomic mass is 10.1. The molecule has 1 heterocycles. The Morgan fingerprint density at radius 1 is 0.897 bits per heavy atom. The largest absolute Gasteiger partial charge is 0.492 e. The van der Waals surface area contributed by atoms with E-state index in [4.69, 9.17) is 21.3 Å². The van der Waals surface area contributed by atoms with Crippen LogP contribution in [-0.4, -0.2) is 16.2 Å². The van der Waals surface area contributed by atoms with Crippen LogP contribution < -0.4 is 4.74 Å². The summed E-state index contributed by atoms with van der Waals surface area (Å²) in [7, 11) is 0. The van der Waals surface area contributed by atoms with Crippen LogP contribution in [0.3, 0.4) is 0 Å². The number of fused-ring (bicyclic) bond motifs is 1. The smallest absolute Gasteiger partial charge is 0.120 e. The van der Waals surface area contributed by atoms with Gasteiger partial charge in [-0.25, -0.2) is 4.98 Å². The third kappa shape index (κ3) is 4.46. The van der Waals surface area contributed by atoms with Crippen molar-refractivity contribution >= 4 is 22.6 Å². The Morgan fingerprint density at radius 2 is 1.59 bits per heavy atom. The average Bonchev–Trinajstić information content (AvgIpc) is 3.09. The topological polar surface area (TPSA) is 27.1 Å². The first-order valence-corrected chi connectivity index (χ1v) is 10.4. The molecule has 0 saturated heterocycles. The minimum atomic E-state index is 0.583. The summed E-state index contributed by atoms with van der Waals surface area (Å²) in [6.07, 6.45) is 1.87. The Bertz CT molecular complexity index is 1100. The predicted octanol–water partition coefficient (Wildman–Crippen LogP) is 6.17. The zero-order valence-electron chi connectivity index (χ0n) is 16.9. The number of para-hydroxylation sites is 2. The highest BCUT2D eigenvalue weighted by Gasteiger charge is 2.11. The third-order valence-electron chi connectivity index (χ3n) is 5.21. The van der Waals surface area contributed by atoms with E-state index in [1.165, 1.54) is 5.56 Å². The molecule has 0 aliphatic carbocycles. The summed E-state index contributed by atoms with van der Waals surface area (Å²) in [6, 6.07) is 22.9. The van der Waals surface area contributed by atoms with Gasteiger partial charge in [0.1, 0.15) is 18.2 Å². The normalized spacial score (nSPS) is 11.1. The number of hydrogen-bond donors (Lipinski definition) is 0. The maximum atomic E-state index is 6.27. The number of hydrogen-bond acceptors (Lipinski definition) is 2. The van der Waals surface area contributed by atoms with E-state index in [2.05, 4.69) is 53.1 Å². The maximum Gasteiger partial charge on any atom is 0.120 e. The van der Waals surface area contributed by atoms with Gasteiger partial charge in [-0.05, 0) is 61.2 Å². The summed E-state index contributed by atoms with van der Waals surface area (Å²) in [5.41, 5.74) is 5.60. The van der Waals surface area contributed by atoms with Crippen molar-refractivity contribution < 1.29 is 4.74 Å². The maximum absolute atomic E-state index is 6.27. The molecule has 4 heteroatoms. The molecule has 0 saturated carbocycles. The van der Waals surface area contributed by atoms with Crippen LogP contribution in [-0.2, 0) is 19.4 Å². The highest BCUT2D eigenvalue weighted by molar-refractivity contribution is 6.32. The van der Waals surface area contributed by atoms with Crippen LogP contribution in [0.1, 0.15) is 22.5 Å². The van der Waals surface area contributed by atoms with E-state index >= 15 is 0 Å². The monoisotopic (exact) mass is 404 g/mol. The van der Waals surface area contributed by atoms with Gasteiger partial charge in [-0.15, -0.1) is 0 Å². The van der Waals surface area contributed by atoms with Crippen molar-refractivity contribution in [3.63, 3.8) is 0 Å². The van der Waals surface area contributed by atoms with E-state index in [0.29, 0.717) is 6.61 Å². The summed E-state index contributed by atoms with van der Waals surface area (Å²) in [6.45, 7) is 5.35. The molecular formula is C25H25ClN2O. The van der Waals surface area contributed by atoms with E-state index in [1.807, 2.05) is 32.0 Å². The van der Waals surface area contributed by atoms with Crippen LogP contribution in [0.4, 0.5) is 0 Å². The molecular weight excluding hydrogens is 380 g/mol. The molecule has 0 radical (unpaired) electrons. The standard InChI is InChI=1S/C25H25ClN2O/c1-18-16-21(17-19(2)25(18)26)29-15-14-28-23-11-7-6-10-22(23)27-24(28)13-12-20-8-4-3-5-9-20/h3-11,16-17H,12-15H2,1-2H3. The summed E-state index contributed by atoms with van der Waals surface area (Å²) in [5.74, 6) is 1.96. The van der Waals surface area contributed by atoms with Crippen molar-refractivity contribution in [2.75, 3.05) is 6.61 Å². The molecule has 4 rings (SSSR count). The lowest BCUT2D eigenvalue weighted by Crippen LogP contribution is -2.12. The predicted molar refractivity (Wildman–Crippen MR) is 120 cm³/mol. The first-order chi connectivity index (χ1) is 14.1. The second-order valence-electron chi connectivity index (χ2n) is 7.37. The molecule has 0 fully saturated rings. The SMILES string of the molecule is Cc1cc(OCCn2c(CCc3ccccc3)nc3ccccc32)cc(C)c1Cl. The van der Waals surface area contributed by atoms with Crippen LogP contribution >= 0.6 is 11.6 Å². The van der Waals surface area contributed by atoms with E-state index in [-0.39, 0.29) is 0 Å². The van der Waals surface area contributed by atoms with Gasteiger partial charge in [-0.2, -0.15) is 0 Å². The van der Waals surface area contributed by atoms with Crippen LogP contribution in [0.25, 0.3) is 11.0 Å². The number of imidazole rings is 1. The van der Waals surface area contributed by atoms with Gasteiger partial charge >= 0.3 is 0 Å². The third-order valence-corrected chi connectivity index (χ3v) is 5.80. The van der Waals surface area contributed by atoms with Gasteiger partial charge in [0, 0.05) is 11.4 Å². The molecule has 3 aromatic carbocycles. The molecule has 0 aliphatic rings. The fourth-order valence-electron chi connectivity index (χ4n) is 3.71. The Labute approximate surface area is 176 Å². The molecule has 148 valence electrons.